The van der Waals surface area contributed by atoms with Crippen molar-refractivity contribution >= 4 is 55.4 Å². The van der Waals surface area contributed by atoms with E-state index in [0.29, 0.717) is 16.9 Å². The zero-order valence-electron chi connectivity index (χ0n) is 14.6. The molecule has 1 amide bonds. The number of nitrogens with one attached hydrogen (secondary N) is 2. The Labute approximate surface area is 173 Å². The second kappa shape index (κ2) is 8.11. The van der Waals surface area contributed by atoms with E-state index >= 15 is 0 Å². The summed E-state index contributed by atoms with van der Waals surface area (Å²) >= 11 is 6.53. The minimum absolute atomic E-state index is 0.0243. The number of sulfonamides is 1. The van der Waals surface area contributed by atoms with Gasteiger partial charge in [-0.15, -0.1) is 10.2 Å². The van der Waals surface area contributed by atoms with Crippen molar-refractivity contribution in [2.24, 2.45) is 0 Å². The number of benzene rings is 2. The molecular weight excluding hydrogens is 442 g/mol. The number of nitro groups is 1. The van der Waals surface area contributed by atoms with Crippen LogP contribution in [0.1, 0.15) is 15.9 Å². The van der Waals surface area contributed by atoms with Crippen LogP contribution in [0.25, 0.3) is 0 Å². The van der Waals surface area contributed by atoms with Crippen LogP contribution in [0.15, 0.2) is 46.8 Å². The van der Waals surface area contributed by atoms with Crippen molar-refractivity contribution in [1.82, 2.24) is 10.2 Å². The van der Waals surface area contributed by atoms with Crippen LogP contribution in [0.3, 0.4) is 0 Å². The molecule has 0 aliphatic rings. The zero-order chi connectivity index (χ0) is 21.2. The molecule has 0 saturated heterocycles. The van der Waals surface area contributed by atoms with Crippen LogP contribution in [0.4, 0.5) is 16.5 Å². The lowest BCUT2D eigenvalue weighted by Crippen LogP contribution is -2.13. The molecule has 29 heavy (non-hydrogen) atoms. The molecule has 2 aromatic carbocycles. The van der Waals surface area contributed by atoms with Crippen LogP contribution in [-0.2, 0) is 10.0 Å². The Morgan fingerprint density at radius 3 is 2.62 bits per heavy atom. The van der Waals surface area contributed by atoms with Gasteiger partial charge in [0.2, 0.25) is 5.13 Å². The van der Waals surface area contributed by atoms with E-state index in [1.165, 1.54) is 6.07 Å². The lowest BCUT2D eigenvalue weighted by Gasteiger charge is -2.06. The fourth-order valence-electron chi connectivity index (χ4n) is 2.25. The second-order valence-corrected chi connectivity index (χ2v) is 8.91. The standard InChI is InChI=1S/C16H12ClN5O5S2/c1-9-4-2-3-5-11(9)14(23)18-15-19-20-16(28-15)29(26,27)21-13-8-10(22(24)25)6-7-12(13)17/h2-8,21H,1H3,(H,18,19,23). The summed E-state index contributed by atoms with van der Waals surface area (Å²) in [4.78, 5) is 22.5. The maximum atomic E-state index is 12.5. The summed E-state index contributed by atoms with van der Waals surface area (Å²) in [5.74, 6) is -0.460. The molecule has 150 valence electrons. The number of non-ortho nitro benzene ring substituents is 1. The number of halogens is 1. The molecule has 0 atom stereocenters. The van der Waals surface area contributed by atoms with Gasteiger partial charge in [-0.05, 0) is 24.6 Å². The topological polar surface area (TPSA) is 144 Å². The first-order valence-corrected chi connectivity index (χ1v) is 10.5. The quantitative estimate of drug-likeness (QED) is 0.330. The highest BCUT2D eigenvalue weighted by molar-refractivity contribution is 7.94. The number of aryl methyl sites for hydroxylation is 1. The lowest BCUT2D eigenvalue weighted by atomic mass is 10.1. The summed E-state index contributed by atoms with van der Waals surface area (Å²) in [6, 6.07) is 10.2. The maximum absolute atomic E-state index is 12.5. The van der Waals surface area contributed by atoms with E-state index < -0.39 is 25.2 Å². The van der Waals surface area contributed by atoms with Gasteiger partial charge in [-0.2, -0.15) is 8.42 Å². The molecule has 13 heteroatoms. The van der Waals surface area contributed by atoms with Crippen LogP contribution < -0.4 is 10.0 Å². The van der Waals surface area contributed by atoms with E-state index in [-0.39, 0.29) is 21.5 Å². The molecule has 10 nitrogen and oxygen atoms in total. The smallest absolute Gasteiger partial charge is 0.291 e. The molecule has 3 rings (SSSR count). The number of rotatable bonds is 6. The summed E-state index contributed by atoms with van der Waals surface area (Å²) in [5.41, 5.74) is 0.634. The minimum Gasteiger partial charge on any atom is -0.296 e. The third-order valence-electron chi connectivity index (χ3n) is 3.65. The summed E-state index contributed by atoms with van der Waals surface area (Å²) in [7, 11) is -4.23. The predicted molar refractivity (Wildman–Crippen MR) is 108 cm³/mol. The Balaban J connectivity index is 1.81. The number of nitrogens with zero attached hydrogens (tertiary/aromatic N) is 3. The van der Waals surface area contributed by atoms with Crippen LogP contribution in [-0.4, -0.2) is 29.4 Å². The van der Waals surface area contributed by atoms with Crippen molar-refractivity contribution in [1.29, 1.82) is 0 Å². The summed E-state index contributed by atoms with van der Waals surface area (Å²) in [5, 5.41) is 20.5. The van der Waals surface area contributed by atoms with E-state index in [9.17, 15) is 23.3 Å². The molecule has 3 aromatic rings. The molecule has 0 radical (unpaired) electrons. The third-order valence-corrected chi connectivity index (χ3v) is 6.55. The van der Waals surface area contributed by atoms with Crippen molar-refractivity contribution in [3.05, 3.63) is 68.7 Å². The number of anilines is 2. The minimum atomic E-state index is -4.23. The Bertz CT molecular complexity index is 1210. The molecule has 0 aliphatic heterocycles. The highest BCUT2D eigenvalue weighted by Crippen LogP contribution is 2.30. The van der Waals surface area contributed by atoms with Gasteiger partial charge in [-0.25, -0.2) is 0 Å². The Kier molecular flexibility index (Phi) is 5.77. The molecular formula is C16H12ClN5O5S2. The first-order chi connectivity index (χ1) is 13.7. The van der Waals surface area contributed by atoms with Crippen LogP contribution in [0.5, 0.6) is 0 Å². The Morgan fingerprint density at radius 1 is 1.21 bits per heavy atom. The highest BCUT2D eigenvalue weighted by Gasteiger charge is 2.23. The first-order valence-electron chi connectivity index (χ1n) is 7.84. The lowest BCUT2D eigenvalue weighted by molar-refractivity contribution is -0.384. The van der Waals surface area contributed by atoms with Crippen LogP contribution in [0, 0.1) is 17.0 Å². The van der Waals surface area contributed by atoms with Crippen LogP contribution >= 0.6 is 22.9 Å². The molecule has 0 saturated carbocycles. The van der Waals surface area contributed by atoms with E-state index in [2.05, 4.69) is 20.2 Å². The van der Waals surface area contributed by atoms with Gasteiger partial charge in [0.1, 0.15) is 0 Å². The molecule has 1 heterocycles. The zero-order valence-corrected chi connectivity index (χ0v) is 17.0. The van der Waals surface area contributed by atoms with Crippen LogP contribution in [0.2, 0.25) is 5.02 Å². The molecule has 0 unspecified atom stereocenters. The number of hydrogen-bond acceptors (Lipinski definition) is 8. The van der Waals surface area contributed by atoms with Gasteiger partial charge in [0, 0.05) is 17.7 Å². The molecule has 0 fully saturated rings. The average molecular weight is 454 g/mol. The maximum Gasteiger partial charge on any atom is 0.291 e. The predicted octanol–water partition coefficient (Wildman–Crippen LogP) is 3.46. The molecule has 0 aliphatic carbocycles. The molecule has 0 bridgehead atoms. The van der Waals surface area contributed by atoms with Gasteiger partial charge in [0.15, 0.2) is 0 Å². The fraction of sp³-hybridized carbons (Fsp3) is 0.0625. The average Bonchev–Trinajstić information content (AvgIpc) is 3.13. The fourth-order valence-corrected chi connectivity index (χ4v) is 4.44. The monoisotopic (exact) mass is 453 g/mol. The number of amides is 1. The first kappa shape index (κ1) is 20.6. The Morgan fingerprint density at radius 2 is 1.93 bits per heavy atom. The van der Waals surface area contributed by atoms with Crippen molar-refractivity contribution < 1.29 is 18.1 Å². The largest absolute Gasteiger partial charge is 0.296 e. The number of hydrogen-bond donors (Lipinski definition) is 2. The number of aromatic nitrogens is 2. The highest BCUT2D eigenvalue weighted by atomic mass is 35.5. The SMILES string of the molecule is Cc1ccccc1C(=O)Nc1nnc(S(=O)(=O)Nc2cc([N+](=O)[O-])ccc2Cl)s1. The molecule has 2 N–H and O–H groups in total. The van der Waals surface area contributed by atoms with Crippen molar-refractivity contribution in [2.45, 2.75) is 11.3 Å². The van der Waals surface area contributed by atoms with Crippen molar-refractivity contribution in [3.8, 4) is 0 Å². The van der Waals surface area contributed by atoms with E-state index in [1.807, 2.05) is 0 Å². The number of carbonyl (C=O) groups excluding carboxylic acids is 1. The van der Waals surface area contributed by atoms with E-state index in [0.717, 1.165) is 17.7 Å². The normalized spacial score (nSPS) is 11.1. The summed E-state index contributed by atoms with van der Waals surface area (Å²) in [6.45, 7) is 1.76. The number of nitro benzene ring substituents is 1. The molecule has 0 spiro atoms. The summed E-state index contributed by atoms with van der Waals surface area (Å²) in [6.07, 6.45) is 0. The van der Waals surface area contributed by atoms with Crippen molar-refractivity contribution in [3.63, 3.8) is 0 Å². The molecule has 1 aromatic heterocycles. The van der Waals surface area contributed by atoms with Crippen molar-refractivity contribution in [2.75, 3.05) is 10.0 Å². The van der Waals surface area contributed by atoms with Gasteiger partial charge in [-0.3, -0.25) is 24.9 Å². The van der Waals surface area contributed by atoms with Gasteiger partial charge in [0.25, 0.3) is 26.0 Å². The van der Waals surface area contributed by atoms with E-state index in [1.54, 1.807) is 31.2 Å². The third kappa shape index (κ3) is 4.67. The van der Waals surface area contributed by atoms with Gasteiger partial charge in [0.05, 0.1) is 15.6 Å². The summed E-state index contributed by atoms with van der Waals surface area (Å²) < 4.78 is 26.7. The van der Waals surface area contributed by atoms with Gasteiger partial charge < -0.3 is 0 Å². The van der Waals surface area contributed by atoms with Gasteiger partial charge in [-0.1, -0.05) is 41.1 Å². The van der Waals surface area contributed by atoms with Gasteiger partial charge >= 0.3 is 0 Å². The number of carbonyl (C=O) groups is 1. The Hall–Kier alpha value is -3.09. The second-order valence-electron chi connectivity index (χ2n) is 5.67. The van der Waals surface area contributed by atoms with E-state index in [4.69, 9.17) is 11.6 Å².